The van der Waals surface area contributed by atoms with Crippen molar-refractivity contribution in [1.29, 1.82) is 0 Å². The Balaban J connectivity index is 2.37. The van der Waals surface area contributed by atoms with E-state index in [0.717, 1.165) is 12.8 Å². The van der Waals surface area contributed by atoms with Gasteiger partial charge in [0.05, 0.1) is 0 Å². The lowest BCUT2D eigenvalue weighted by atomic mass is 9.85. The van der Waals surface area contributed by atoms with Gasteiger partial charge in [0.15, 0.2) is 0 Å². The Morgan fingerprint density at radius 1 is 1.38 bits per heavy atom. The predicted molar refractivity (Wildman–Crippen MR) is 57.6 cm³/mol. The summed E-state index contributed by atoms with van der Waals surface area (Å²) in [6, 6.07) is 8.63. The summed E-state index contributed by atoms with van der Waals surface area (Å²) < 4.78 is 0. The molecule has 0 amide bonds. The first-order chi connectivity index (χ1) is 6.42. The molecule has 1 atom stereocenters. The van der Waals surface area contributed by atoms with E-state index in [2.05, 4.69) is 43.0 Å². The van der Waals surface area contributed by atoms with Gasteiger partial charge in [-0.1, -0.05) is 42.5 Å². The molecule has 0 nitrogen and oxygen atoms in total. The van der Waals surface area contributed by atoms with Crippen molar-refractivity contribution < 1.29 is 0 Å². The summed E-state index contributed by atoms with van der Waals surface area (Å²) in [6.45, 7) is 3.80. The maximum atomic E-state index is 3.80. The van der Waals surface area contributed by atoms with Crippen molar-refractivity contribution in [3.63, 3.8) is 0 Å². The Labute approximate surface area is 79.6 Å². The fraction of sp³-hybridized carbons (Fsp3) is 0.231. The van der Waals surface area contributed by atoms with Gasteiger partial charge < -0.3 is 0 Å². The zero-order chi connectivity index (χ0) is 9.10. The molecule has 0 spiro atoms. The highest BCUT2D eigenvalue weighted by molar-refractivity contribution is 5.57. The molecule has 1 aliphatic rings. The van der Waals surface area contributed by atoms with E-state index in [1.165, 1.54) is 11.1 Å². The first-order valence-corrected chi connectivity index (χ1v) is 4.78. The average molecular weight is 170 g/mol. The van der Waals surface area contributed by atoms with Crippen molar-refractivity contribution in [2.24, 2.45) is 0 Å². The molecule has 0 heteroatoms. The summed E-state index contributed by atoms with van der Waals surface area (Å²) in [5.74, 6) is 0.652. The van der Waals surface area contributed by atoms with Crippen LogP contribution < -0.4 is 0 Å². The SMILES string of the molecule is C=CCC1CC=Cc2ccccc21. The lowest BCUT2D eigenvalue weighted by Crippen LogP contribution is -2.02. The summed E-state index contributed by atoms with van der Waals surface area (Å²) in [4.78, 5) is 0. The van der Waals surface area contributed by atoms with Crippen LogP contribution in [0.2, 0.25) is 0 Å². The minimum absolute atomic E-state index is 0.652. The quantitative estimate of drug-likeness (QED) is 0.593. The third kappa shape index (κ3) is 1.57. The van der Waals surface area contributed by atoms with Crippen molar-refractivity contribution in [3.8, 4) is 0 Å². The molecule has 0 fully saturated rings. The minimum Gasteiger partial charge on any atom is -0.103 e. The highest BCUT2D eigenvalue weighted by Crippen LogP contribution is 2.31. The largest absolute Gasteiger partial charge is 0.103 e. The maximum absolute atomic E-state index is 3.80. The maximum Gasteiger partial charge on any atom is -0.00869 e. The van der Waals surface area contributed by atoms with Crippen molar-refractivity contribution in [2.75, 3.05) is 0 Å². The van der Waals surface area contributed by atoms with Gasteiger partial charge in [0.1, 0.15) is 0 Å². The molecular weight excluding hydrogens is 156 g/mol. The van der Waals surface area contributed by atoms with Crippen LogP contribution in [0.25, 0.3) is 6.08 Å². The van der Waals surface area contributed by atoms with E-state index in [1.807, 2.05) is 6.08 Å². The summed E-state index contributed by atoms with van der Waals surface area (Å²) in [7, 11) is 0. The van der Waals surface area contributed by atoms with E-state index < -0.39 is 0 Å². The molecule has 66 valence electrons. The molecule has 0 N–H and O–H groups in total. The van der Waals surface area contributed by atoms with Gasteiger partial charge >= 0.3 is 0 Å². The van der Waals surface area contributed by atoms with Crippen LogP contribution in [0.4, 0.5) is 0 Å². The fourth-order valence-electron chi connectivity index (χ4n) is 1.95. The van der Waals surface area contributed by atoms with Crippen molar-refractivity contribution >= 4 is 6.08 Å². The van der Waals surface area contributed by atoms with Crippen LogP contribution in [0.1, 0.15) is 29.9 Å². The third-order valence-corrected chi connectivity index (χ3v) is 2.61. The van der Waals surface area contributed by atoms with Gasteiger partial charge in [0.2, 0.25) is 0 Å². The molecule has 1 aromatic rings. The third-order valence-electron chi connectivity index (χ3n) is 2.61. The molecule has 0 aromatic heterocycles. The van der Waals surface area contributed by atoms with Gasteiger partial charge in [0, 0.05) is 0 Å². The van der Waals surface area contributed by atoms with Gasteiger partial charge in [-0.2, -0.15) is 0 Å². The molecule has 13 heavy (non-hydrogen) atoms. The standard InChI is InChI=1S/C13H14/c1-2-6-11-8-5-9-12-7-3-4-10-13(11)12/h2-5,7,9-11H,1,6,8H2. The van der Waals surface area contributed by atoms with Gasteiger partial charge in [-0.25, -0.2) is 0 Å². The zero-order valence-corrected chi connectivity index (χ0v) is 7.74. The zero-order valence-electron chi connectivity index (χ0n) is 7.74. The molecule has 2 rings (SSSR count). The molecule has 0 bridgehead atoms. The van der Waals surface area contributed by atoms with Crippen LogP contribution in [-0.2, 0) is 0 Å². The Morgan fingerprint density at radius 3 is 3.08 bits per heavy atom. The Hall–Kier alpha value is -1.30. The van der Waals surface area contributed by atoms with Crippen LogP contribution in [0.5, 0.6) is 0 Å². The van der Waals surface area contributed by atoms with Crippen LogP contribution in [-0.4, -0.2) is 0 Å². The molecule has 1 aliphatic carbocycles. The molecule has 0 aliphatic heterocycles. The molecular formula is C13H14. The summed E-state index contributed by atoms with van der Waals surface area (Å²) in [6.07, 6.45) is 8.73. The molecule has 0 radical (unpaired) electrons. The van der Waals surface area contributed by atoms with Crippen molar-refractivity contribution in [1.82, 2.24) is 0 Å². The number of hydrogen-bond donors (Lipinski definition) is 0. The summed E-state index contributed by atoms with van der Waals surface area (Å²) in [5, 5.41) is 0. The number of benzene rings is 1. The second-order valence-corrected chi connectivity index (χ2v) is 3.49. The van der Waals surface area contributed by atoms with E-state index >= 15 is 0 Å². The van der Waals surface area contributed by atoms with Crippen LogP contribution >= 0.6 is 0 Å². The summed E-state index contributed by atoms with van der Waals surface area (Å²) in [5.41, 5.74) is 2.85. The normalized spacial score (nSPS) is 19.5. The Morgan fingerprint density at radius 2 is 2.23 bits per heavy atom. The topological polar surface area (TPSA) is 0 Å². The van der Waals surface area contributed by atoms with E-state index in [-0.39, 0.29) is 0 Å². The van der Waals surface area contributed by atoms with Gasteiger partial charge in [-0.3, -0.25) is 0 Å². The highest BCUT2D eigenvalue weighted by atomic mass is 14.2. The first kappa shape index (κ1) is 8.31. The van der Waals surface area contributed by atoms with Crippen molar-refractivity contribution in [3.05, 3.63) is 54.1 Å². The monoisotopic (exact) mass is 170 g/mol. The van der Waals surface area contributed by atoms with Crippen LogP contribution in [0, 0.1) is 0 Å². The predicted octanol–water partition coefficient (Wildman–Crippen LogP) is 3.76. The molecule has 0 saturated carbocycles. The van der Waals surface area contributed by atoms with E-state index in [1.54, 1.807) is 0 Å². The van der Waals surface area contributed by atoms with Gasteiger partial charge in [-0.15, -0.1) is 6.58 Å². The molecule has 1 aromatic carbocycles. The number of allylic oxidation sites excluding steroid dienone is 2. The molecule has 0 saturated heterocycles. The number of fused-ring (bicyclic) bond motifs is 1. The average Bonchev–Trinajstić information content (AvgIpc) is 2.19. The second-order valence-electron chi connectivity index (χ2n) is 3.49. The van der Waals surface area contributed by atoms with Crippen LogP contribution in [0.3, 0.4) is 0 Å². The van der Waals surface area contributed by atoms with Gasteiger partial charge in [-0.05, 0) is 29.9 Å². The Kier molecular flexibility index (Phi) is 2.31. The number of rotatable bonds is 2. The van der Waals surface area contributed by atoms with Crippen LogP contribution in [0.15, 0.2) is 43.0 Å². The van der Waals surface area contributed by atoms with Crippen molar-refractivity contribution in [2.45, 2.75) is 18.8 Å². The lowest BCUT2D eigenvalue weighted by molar-refractivity contribution is 0.706. The fourth-order valence-corrected chi connectivity index (χ4v) is 1.95. The first-order valence-electron chi connectivity index (χ1n) is 4.78. The highest BCUT2D eigenvalue weighted by Gasteiger charge is 2.14. The van der Waals surface area contributed by atoms with Gasteiger partial charge in [0.25, 0.3) is 0 Å². The smallest absolute Gasteiger partial charge is 0.00869 e. The molecule has 0 heterocycles. The Bertz CT molecular complexity index is 334. The second kappa shape index (κ2) is 3.61. The van der Waals surface area contributed by atoms with E-state index in [9.17, 15) is 0 Å². The summed E-state index contributed by atoms with van der Waals surface area (Å²) >= 11 is 0. The molecule has 1 unspecified atom stereocenters. The minimum atomic E-state index is 0.652. The van der Waals surface area contributed by atoms with E-state index in [0.29, 0.717) is 5.92 Å². The van der Waals surface area contributed by atoms with E-state index in [4.69, 9.17) is 0 Å². The lowest BCUT2D eigenvalue weighted by Gasteiger charge is -2.19. The number of hydrogen-bond acceptors (Lipinski definition) is 0.